The zero-order valence-corrected chi connectivity index (χ0v) is 11.7. The Morgan fingerprint density at radius 1 is 1.05 bits per heavy atom. The van der Waals surface area contributed by atoms with Gasteiger partial charge >= 0.3 is 5.97 Å². The normalized spacial score (nSPS) is 10.7. The van der Waals surface area contributed by atoms with Gasteiger partial charge < -0.3 is 10.1 Å². The van der Waals surface area contributed by atoms with Gasteiger partial charge in [-0.15, -0.1) is 0 Å². The van der Waals surface area contributed by atoms with E-state index in [0.717, 1.165) is 16.5 Å². The van der Waals surface area contributed by atoms with Crippen LogP contribution in [0.1, 0.15) is 21.6 Å². The van der Waals surface area contributed by atoms with Crippen LogP contribution in [0.2, 0.25) is 0 Å². The molecule has 0 saturated carbocycles. The summed E-state index contributed by atoms with van der Waals surface area (Å²) in [6.07, 6.45) is 3.79. The molecule has 0 radical (unpaired) electrons. The maximum absolute atomic E-state index is 12.2. The Bertz CT molecular complexity index is 852. The maximum Gasteiger partial charge on any atom is 0.354 e. The summed E-state index contributed by atoms with van der Waals surface area (Å²) in [7, 11) is 0. The van der Waals surface area contributed by atoms with Crippen LogP contribution < -0.4 is 0 Å². The fraction of sp³-hybridized carbons (Fsp3) is 0.118. The summed E-state index contributed by atoms with van der Waals surface area (Å²) in [5.74, 6) is -1.06. The molecule has 0 aliphatic heterocycles. The Kier molecular flexibility index (Phi) is 3.70. The van der Waals surface area contributed by atoms with Crippen LogP contribution in [0.5, 0.6) is 0 Å². The highest BCUT2D eigenvalue weighted by atomic mass is 16.4. The molecule has 3 aromatic rings. The average Bonchev–Trinajstić information content (AvgIpc) is 2.95. The number of carbonyl (C=O) groups is 2. The second-order valence-electron chi connectivity index (χ2n) is 5.15. The van der Waals surface area contributed by atoms with Crippen LogP contribution in [0.15, 0.2) is 48.8 Å². The number of Topliss-reactive ketones (excluding diaryl/α,β-unsaturated/α-hetero) is 1. The molecule has 5 nitrogen and oxygen atoms in total. The molecule has 5 heteroatoms. The van der Waals surface area contributed by atoms with Gasteiger partial charge in [-0.05, 0) is 40.8 Å². The number of aromatic nitrogens is 2. The van der Waals surface area contributed by atoms with Crippen molar-refractivity contribution < 1.29 is 14.7 Å². The number of rotatable bonds is 5. The van der Waals surface area contributed by atoms with Crippen molar-refractivity contribution in [2.45, 2.75) is 12.8 Å². The number of aromatic carboxylic acids is 1. The van der Waals surface area contributed by atoms with Crippen LogP contribution in [0, 0.1) is 0 Å². The molecule has 0 bridgehead atoms. The number of ketones is 1. The minimum Gasteiger partial charge on any atom is -0.477 e. The third kappa shape index (κ3) is 3.03. The van der Waals surface area contributed by atoms with Gasteiger partial charge in [0.25, 0.3) is 0 Å². The number of hydrogen-bond donors (Lipinski definition) is 2. The van der Waals surface area contributed by atoms with Crippen LogP contribution in [-0.4, -0.2) is 26.8 Å². The average molecular weight is 294 g/mol. The van der Waals surface area contributed by atoms with Crippen LogP contribution >= 0.6 is 0 Å². The van der Waals surface area contributed by atoms with Gasteiger partial charge in [0.2, 0.25) is 0 Å². The molecule has 0 saturated heterocycles. The summed E-state index contributed by atoms with van der Waals surface area (Å²) >= 11 is 0. The highest BCUT2D eigenvalue weighted by Crippen LogP contribution is 2.15. The van der Waals surface area contributed by atoms with Crippen molar-refractivity contribution in [1.82, 2.24) is 9.97 Å². The molecule has 110 valence electrons. The number of H-pyrrole nitrogens is 1. The Morgan fingerprint density at radius 2 is 1.82 bits per heavy atom. The van der Waals surface area contributed by atoms with E-state index in [4.69, 9.17) is 5.11 Å². The number of carboxylic acid groups (broad SMARTS) is 1. The predicted octanol–water partition coefficient (Wildman–Crippen LogP) is 2.62. The van der Waals surface area contributed by atoms with Crippen molar-refractivity contribution in [3.8, 4) is 0 Å². The first-order chi connectivity index (χ1) is 10.6. The van der Waals surface area contributed by atoms with E-state index in [1.54, 1.807) is 6.07 Å². The molecule has 2 aromatic heterocycles. The van der Waals surface area contributed by atoms with Crippen molar-refractivity contribution in [2.75, 3.05) is 0 Å². The second-order valence-corrected chi connectivity index (χ2v) is 5.15. The molecule has 2 heterocycles. The molecule has 0 spiro atoms. The third-order valence-corrected chi connectivity index (χ3v) is 3.47. The minimum atomic E-state index is -1.09. The van der Waals surface area contributed by atoms with Crippen LogP contribution in [0.25, 0.3) is 10.9 Å². The number of benzene rings is 1. The Labute approximate surface area is 126 Å². The molecule has 0 fully saturated rings. The molecule has 2 N–H and O–H groups in total. The Hall–Kier alpha value is -2.95. The lowest BCUT2D eigenvalue weighted by atomic mass is 10.0. The number of hydrogen-bond acceptors (Lipinski definition) is 3. The highest BCUT2D eigenvalue weighted by Gasteiger charge is 2.09. The van der Waals surface area contributed by atoms with Crippen molar-refractivity contribution in [3.05, 3.63) is 65.6 Å². The lowest BCUT2D eigenvalue weighted by Crippen LogP contribution is -2.08. The quantitative estimate of drug-likeness (QED) is 0.757. The van der Waals surface area contributed by atoms with E-state index in [1.165, 1.54) is 12.3 Å². The van der Waals surface area contributed by atoms with E-state index in [0.29, 0.717) is 12.0 Å². The van der Waals surface area contributed by atoms with E-state index in [-0.39, 0.29) is 17.9 Å². The highest BCUT2D eigenvalue weighted by molar-refractivity contribution is 5.87. The number of nitrogens with one attached hydrogen (secondary N) is 1. The summed E-state index contributed by atoms with van der Waals surface area (Å²) < 4.78 is 0. The summed E-state index contributed by atoms with van der Waals surface area (Å²) in [5, 5.41) is 10.0. The molecular weight excluding hydrogens is 280 g/mol. The van der Waals surface area contributed by atoms with Gasteiger partial charge in [-0.2, -0.15) is 0 Å². The first-order valence-electron chi connectivity index (χ1n) is 6.88. The van der Waals surface area contributed by atoms with E-state index in [1.807, 2.05) is 30.5 Å². The number of nitrogens with zero attached hydrogens (tertiary/aromatic N) is 1. The van der Waals surface area contributed by atoms with Crippen LogP contribution in [0.3, 0.4) is 0 Å². The lowest BCUT2D eigenvalue weighted by Gasteiger charge is -2.03. The van der Waals surface area contributed by atoms with Gasteiger partial charge in [-0.3, -0.25) is 4.79 Å². The zero-order chi connectivity index (χ0) is 15.5. The fourth-order valence-electron chi connectivity index (χ4n) is 2.42. The summed E-state index contributed by atoms with van der Waals surface area (Å²) in [5.41, 5.74) is 2.56. The monoisotopic (exact) mass is 294 g/mol. The van der Waals surface area contributed by atoms with Gasteiger partial charge in [-0.25, -0.2) is 9.78 Å². The summed E-state index contributed by atoms with van der Waals surface area (Å²) in [4.78, 5) is 29.9. The van der Waals surface area contributed by atoms with E-state index in [9.17, 15) is 9.59 Å². The van der Waals surface area contributed by atoms with E-state index < -0.39 is 5.97 Å². The largest absolute Gasteiger partial charge is 0.477 e. The van der Waals surface area contributed by atoms with E-state index >= 15 is 0 Å². The van der Waals surface area contributed by atoms with Crippen molar-refractivity contribution in [2.24, 2.45) is 0 Å². The van der Waals surface area contributed by atoms with Crippen molar-refractivity contribution in [3.63, 3.8) is 0 Å². The SMILES string of the molecule is O=C(Cc1ccnc(C(=O)O)c1)Cc1ccc2cc[nH]c2c1. The van der Waals surface area contributed by atoms with Crippen LogP contribution in [-0.2, 0) is 17.6 Å². The summed E-state index contributed by atoms with van der Waals surface area (Å²) in [6, 6.07) is 11.0. The fourth-order valence-corrected chi connectivity index (χ4v) is 2.42. The summed E-state index contributed by atoms with van der Waals surface area (Å²) in [6.45, 7) is 0. The lowest BCUT2D eigenvalue weighted by molar-refractivity contribution is -0.117. The molecule has 0 amide bonds. The predicted molar refractivity (Wildman–Crippen MR) is 81.9 cm³/mol. The molecule has 3 rings (SSSR count). The van der Waals surface area contributed by atoms with Gasteiger partial charge in [-0.1, -0.05) is 12.1 Å². The number of aromatic amines is 1. The van der Waals surface area contributed by atoms with Gasteiger partial charge in [0, 0.05) is 30.8 Å². The van der Waals surface area contributed by atoms with Crippen molar-refractivity contribution in [1.29, 1.82) is 0 Å². The molecule has 0 atom stereocenters. The van der Waals surface area contributed by atoms with Gasteiger partial charge in [0.1, 0.15) is 11.5 Å². The first-order valence-corrected chi connectivity index (χ1v) is 6.88. The number of fused-ring (bicyclic) bond motifs is 1. The van der Waals surface area contributed by atoms with Crippen LogP contribution in [0.4, 0.5) is 0 Å². The second kappa shape index (κ2) is 5.81. The molecule has 0 aliphatic carbocycles. The smallest absolute Gasteiger partial charge is 0.354 e. The van der Waals surface area contributed by atoms with Gasteiger partial charge in [0.05, 0.1) is 0 Å². The Morgan fingerprint density at radius 3 is 2.59 bits per heavy atom. The minimum absolute atomic E-state index is 0.0356. The standard InChI is InChI=1S/C17H14N2O3/c20-14(8-12-3-5-19-16(10-12)17(21)22)7-11-1-2-13-4-6-18-15(13)9-11/h1-6,9-10,18H,7-8H2,(H,21,22). The number of pyridine rings is 1. The molecule has 1 aromatic carbocycles. The van der Waals surface area contributed by atoms with Crippen molar-refractivity contribution >= 4 is 22.7 Å². The molecule has 22 heavy (non-hydrogen) atoms. The topological polar surface area (TPSA) is 83.1 Å². The third-order valence-electron chi connectivity index (χ3n) is 3.47. The number of carbonyl (C=O) groups excluding carboxylic acids is 1. The number of carboxylic acids is 1. The molecular formula is C17H14N2O3. The maximum atomic E-state index is 12.2. The zero-order valence-electron chi connectivity index (χ0n) is 11.7. The van der Waals surface area contributed by atoms with Gasteiger partial charge in [0.15, 0.2) is 0 Å². The Balaban J connectivity index is 1.71. The van der Waals surface area contributed by atoms with E-state index in [2.05, 4.69) is 9.97 Å². The first kappa shape index (κ1) is 14.0. The molecule has 0 aliphatic rings. The molecule has 0 unspecified atom stereocenters.